The Morgan fingerprint density at radius 3 is 2.60 bits per heavy atom. The van der Waals surface area contributed by atoms with Crippen molar-refractivity contribution >= 4 is 17.3 Å². The van der Waals surface area contributed by atoms with E-state index >= 15 is 0 Å². The molecule has 0 amide bonds. The molecule has 3 heteroatoms. The normalized spacial score (nSPS) is 16.6. The molecule has 1 N–H and O–H groups in total. The molecule has 1 aliphatic heterocycles. The number of halogens is 1. The zero-order valence-electron chi connectivity index (χ0n) is 12.8. The van der Waals surface area contributed by atoms with Gasteiger partial charge in [-0.25, -0.2) is 0 Å². The van der Waals surface area contributed by atoms with Gasteiger partial charge in [-0.05, 0) is 49.4 Å². The molecule has 1 saturated heterocycles. The highest BCUT2D eigenvalue weighted by molar-refractivity contribution is 6.33. The molecule has 0 saturated carbocycles. The van der Waals surface area contributed by atoms with E-state index in [1.165, 1.54) is 30.5 Å². The fraction of sp³-hybridized carbons (Fsp3) is 0.647. The van der Waals surface area contributed by atoms with Crippen molar-refractivity contribution < 1.29 is 0 Å². The smallest absolute Gasteiger partial charge is 0.0642 e. The van der Waals surface area contributed by atoms with Crippen molar-refractivity contribution in [2.45, 2.75) is 46.1 Å². The van der Waals surface area contributed by atoms with Crippen molar-refractivity contribution in [2.24, 2.45) is 5.92 Å². The van der Waals surface area contributed by atoms with Crippen LogP contribution in [0.2, 0.25) is 5.02 Å². The van der Waals surface area contributed by atoms with Gasteiger partial charge in [-0.3, -0.25) is 0 Å². The average Bonchev–Trinajstić information content (AvgIpc) is 2.48. The Kier molecular flexibility index (Phi) is 6.18. The highest BCUT2D eigenvalue weighted by Crippen LogP contribution is 2.31. The molecule has 20 heavy (non-hydrogen) atoms. The molecule has 1 aliphatic rings. The van der Waals surface area contributed by atoms with Gasteiger partial charge in [0, 0.05) is 19.6 Å². The van der Waals surface area contributed by atoms with Crippen LogP contribution in [0.4, 0.5) is 5.69 Å². The first-order chi connectivity index (χ1) is 9.74. The molecule has 1 aromatic rings. The fourth-order valence-electron chi connectivity index (χ4n) is 2.91. The predicted octanol–water partition coefficient (Wildman–Crippen LogP) is 4.47. The Bertz CT molecular complexity index is 411. The lowest BCUT2D eigenvalue weighted by molar-refractivity contribution is 0.395. The first-order valence-corrected chi connectivity index (χ1v) is 8.36. The van der Waals surface area contributed by atoms with Crippen molar-refractivity contribution in [1.29, 1.82) is 0 Å². The standard InChI is InChI=1S/C17H27ClN2/c1-3-9-19-13-15-5-6-17(16(18)12-15)20-10-7-14(4-2)8-11-20/h5-6,12,14,19H,3-4,7-11,13H2,1-2H3. The van der Waals surface area contributed by atoms with Crippen LogP contribution in [0.25, 0.3) is 0 Å². The lowest BCUT2D eigenvalue weighted by atomic mass is 9.94. The second-order valence-corrected chi connectivity index (χ2v) is 6.21. The summed E-state index contributed by atoms with van der Waals surface area (Å²) in [7, 11) is 0. The lowest BCUT2D eigenvalue weighted by Crippen LogP contribution is -2.33. The van der Waals surface area contributed by atoms with E-state index < -0.39 is 0 Å². The lowest BCUT2D eigenvalue weighted by Gasteiger charge is -2.33. The number of hydrogen-bond donors (Lipinski definition) is 1. The van der Waals surface area contributed by atoms with Gasteiger partial charge in [0.25, 0.3) is 0 Å². The van der Waals surface area contributed by atoms with E-state index in [2.05, 4.69) is 42.3 Å². The van der Waals surface area contributed by atoms with Crippen LogP contribution in [0.15, 0.2) is 18.2 Å². The summed E-state index contributed by atoms with van der Waals surface area (Å²) in [5.41, 5.74) is 2.48. The largest absolute Gasteiger partial charge is 0.370 e. The second kappa shape index (κ2) is 7.90. The van der Waals surface area contributed by atoms with E-state index in [1.54, 1.807) is 0 Å². The van der Waals surface area contributed by atoms with Gasteiger partial charge in [0.05, 0.1) is 10.7 Å². The topological polar surface area (TPSA) is 15.3 Å². The van der Waals surface area contributed by atoms with Crippen LogP contribution in [0.5, 0.6) is 0 Å². The summed E-state index contributed by atoms with van der Waals surface area (Å²) in [6, 6.07) is 6.51. The number of piperidine rings is 1. The number of rotatable bonds is 6. The Morgan fingerprint density at radius 2 is 2.00 bits per heavy atom. The highest BCUT2D eigenvalue weighted by atomic mass is 35.5. The quantitative estimate of drug-likeness (QED) is 0.779. The summed E-state index contributed by atoms with van der Waals surface area (Å²) in [5, 5.41) is 4.32. The molecule has 1 heterocycles. The molecule has 0 radical (unpaired) electrons. The van der Waals surface area contributed by atoms with Gasteiger partial charge in [0.2, 0.25) is 0 Å². The third-order valence-corrected chi connectivity index (χ3v) is 4.60. The summed E-state index contributed by atoms with van der Waals surface area (Å²) < 4.78 is 0. The van der Waals surface area contributed by atoms with Crippen molar-refractivity contribution in [1.82, 2.24) is 5.32 Å². The van der Waals surface area contributed by atoms with Crippen LogP contribution in [0.3, 0.4) is 0 Å². The molecule has 0 unspecified atom stereocenters. The molecule has 1 aromatic carbocycles. The van der Waals surface area contributed by atoms with Gasteiger partial charge < -0.3 is 10.2 Å². The van der Waals surface area contributed by atoms with Crippen LogP contribution >= 0.6 is 11.6 Å². The Labute approximate surface area is 128 Å². The van der Waals surface area contributed by atoms with Crippen LogP contribution < -0.4 is 10.2 Å². The van der Waals surface area contributed by atoms with E-state index in [0.717, 1.165) is 43.5 Å². The molecule has 0 spiro atoms. The predicted molar refractivity (Wildman–Crippen MR) is 88.7 cm³/mol. The zero-order valence-corrected chi connectivity index (χ0v) is 13.5. The van der Waals surface area contributed by atoms with Gasteiger partial charge in [-0.1, -0.05) is 37.9 Å². The Morgan fingerprint density at radius 1 is 1.25 bits per heavy atom. The molecular formula is C17H27ClN2. The van der Waals surface area contributed by atoms with E-state index in [1.807, 2.05) is 0 Å². The van der Waals surface area contributed by atoms with Crippen LogP contribution in [0.1, 0.15) is 45.1 Å². The third kappa shape index (κ3) is 4.13. The van der Waals surface area contributed by atoms with Crippen LogP contribution in [-0.2, 0) is 6.54 Å². The molecule has 2 rings (SSSR count). The molecule has 0 aromatic heterocycles. The average molecular weight is 295 g/mol. The molecule has 0 atom stereocenters. The minimum Gasteiger partial charge on any atom is -0.370 e. The van der Waals surface area contributed by atoms with Gasteiger partial charge >= 0.3 is 0 Å². The van der Waals surface area contributed by atoms with Crippen molar-refractivity contribution in [3.05, 3.63) is 28.8 Å². The monoisotopic (exact) mass is 294 g/mol. The number of hydrogen-bond acceptors (Lipinski definition) is 2. The maximum Gasteiger partial charge on any atom is 0.0642 e. The van der Waals surface area contributed by atoms with Gasteiger partial charge in [0.1, 0.15) is 0 Å². The summed E-state index contributed by atoms with van der Waals surface area (Å²) >= 11 is 6.48. The molecule has 1 fully saturated rings. The SMILES string of the molecule is CCCNCc1ccc(N2CCC(CC)CC2)c(Cl)c1. The van der Waals surface area contributed by atoms with Crippen molar-refractivity contribution in [3.63, 3.8) is 0 Å². The number of anilines is 1. The second-order valence-electron chi connectivity index (χ2n) is 5.80. The molecule has 0 bridgehead atoms. The van der Waals surface area contributed by atoms with Crippen molar-refractivity contribution in [2.75, 3.05) is 24.5 Å². The summed E-state index contributed by atoms with van der Waals surface area (Å²) in [5.74, 6) is 0.905. The maximum absolute atomic E-state index is 6.48. The molecular weight excluding hydrogens is 268 g/mol. The maximum atomic E-state index is 6.48. The van der Waals surface area contributed by atoms with Crippen LogP contribution in [-0.4, -0.2) is 19.6 Å². The van der Waals surface area contributed by atoms with Gasteiger partial charge in [0.15, 0.2) is 0 Å². The first-order valence-electron chi connectivity index (χ1n) is 7.98. The molecule has 0 aliphatic carbocycles. The Hall–Kier alpha value is -0.730. The fourth-order valence-corrected chi connectivity index (χ4v) is 3.23. The minimum absolute atomic E-state index is 0.899. The van der Waals surface area contributed by atoms with Gasteiger partial charge in [-0.15, -0.1) is 0 Å². The summed E-state index contributed by atoms with van der Waals surface area (Å²) in [6.45, 7) is 8.74. The van der Waals surface area contributed by atoms with E-state index in [0.29, 0.717) is 0 Å². The summed E-state index contributed by atoms with van der Waals surface area (Å²) in [6.07, 6.45) is 5.07. The minimum atomic E-state index is 0.899. The zero-order chi connectivity index (χ0) is 14.4. The van der Waals surface area contributed by atoms with E-state index in [-0.39, 0.29) is 0 Å². The number of benzene rings is 1. The third-order valence-electron chi connectivity index (χ3n) is 4.30. The summed E-state index contributed by atoms with van der Waals surface area (Å²) in [4.78, 5) is 2.44. The van der Waals surface area contributed by atoms with E-state index in [9.17, 15) is 0 Å². The molecule has 2 nitrogen and oxygen atoms in total. The van der Waals surface area contributed by atoms with Gasteiger partial charge in [-0.2, -0.15) is 0 Å². The Balaban J connectivity index is 1.95. The number of nitrogens with zero attached hydrogens (tertiary/aromatic N) is 1. The van der Waals surface area contributed by atoms with Crippen molar-refractivity contribution in [3.8, 4) is 0 Å². The molecule has 112 valence electrons. The number of nitrogens with one attached hydrogen (secondary N) is 1. The first kappa shape index (κ1) is 15.7. The highest BCUT2D eigenvalue weighted by Gasteiger charge is 2.19. The van der Waals surface area contributed by atoms with E-state index in [4.69, 9.17) is 11.6 Å². The van der Waals surface area contributed by atoms with Crippen LogP contribution in [0, 0.1) is 5.92 Å².